The van der Waals surface area contributed by atoms with E-state index in [1.54, 1.807) is 6.92 Å². The van der Waals surface area contributed by atoms with E-state index >= 15 is 0 Å². The van der Waals surface area contributed by atoms with Crippen LogP contribution in [0.1, 0.15) is 65.9 Å². The molecule has 1 aliphatic rings. The van der Waals surface area contributed by atoms with Crippen LogP contribution in [0.15, 0.2) is 40.8 Å². The minimum Gasteiger partial charge on any atom is -0.462 e. The Morgan fingerprint density at radius 2 is 1.92 bits per heavy atom. The lowest BCUT2D eigenvalue weighted by molar-refractivity contribution is -0.116. The maximum Gasteiger partial charge on any atom is 0.341 e. The molecule has 9 heteroatoms. The van der Waals surface area contributed by atoms with Gasteiger partial charge in [0.05, 0.1) is 23.9 Å². The Kier molecular flexibility index (Phi) is 7.26. The first-order valence-corrected chi connectivity index (χ1v) is 14.3. The van der Waals surface area contributed by atoms with E-state index in [1.807, 2.05) is 17.5 Å². The first-order chi connectivity index (χ1) is 17.9. The molecule has 3 heterocycles. The molecule has 192 valence electrons. The van der Waals surface area contributed by atoms with Gasteiger partial charge in [-0.05, 0) is 55.2 Å². The number of nitrogens with one attached hydrogen (secondary N) is 1. The molecule has 1 aliphatic carbocycles. The molecular weight excluding hydrogens is 506 g/mol. The number of rotatable bonds is 7. The van der Waals surface area contributed by atoms with Crippen molar-refractivity contribution in [3.63, 3.8) is 0 Å². The van der Waals surface area contributed by atoms with E-state index in [9.17, 15) is 14.4 Å². The second-order valence-corrected chi connectivity index (χ2v) is 11.4. The number of hydrogen-bond donors (Lipinski definition) is 1. The number of nitrogens with zero attached hydrogens (tertiary/aromatic N) is 2. The van der Waals surface area contributed by atoms with E-state index in [-0.39, 0.29) is 24.6 Å². The minimum absolute atomic E-state index is 0.200. The molecule has 4 aromatic rings. The van der Waals surface area contributed by atoms with Gasteiger partial charge in [0.25, 0.3) is 5.56 Å². The molecule has 0 fully saturated rings. The van der Waals surface area contributed by atoms with Crippen LogP contribution in [0, 0.1) is 0 Å². The number of carbonyl (C=O) groups excluding carboxylic acids is 2. The highest BCUT2D eigenvalue weighted by Gasteiger charge is 2.27. The lowest BCUT2D eigenvalue weighted by atomic mass is 9.95. The SMILES string of the molecule is CCOC(=O)c1c(NC(=O)Cn2cnc3scc(-c4ccc(C(C)C)cc4)c3c2=O)sc2c1CCCC2. The van der Waals surface area contributed by atoms with Crippen LogP contribution < -0.4 is 10.9 Å². The fraction of sp³-hybridized carbons (Fsp3) is 0.357. The molecule has 5 rings (SSSR count). The van der Waals surface area contributed by atoms with Gasteiger partial charge in [0.2, 0.25) is 5.91 Å². The van der Waals surface area contributed by atoms with Crippen LogP contribution in [0.3, 0.4) is 0 Å². The van der Waals surface area contributed by atoms with Gasteiger partial charge in [0.15, 0.2) is 0 Å². The molecular formula is C28H29N3O4S2. The van der Waals surface area contributed by atoms with E-state index < -0.39 is 5.97 Å². The highest BCUT2D eigenvalue weighted by molar-refractivity contribution is 7.17. The zero-order valence-electron chi connectivity index (χ0n) is 21.1. The molecule has 0 atom stereocenters. The average Bonchev–Trinajstić information content (AvgIpc) is 3.47. The third kappa shape index (κ3) is 4.98. The molecule has 0 radical (unpaired) electrons. The van der Waals surface area contributed by atoms with Crippen molar-refractivity contribution in [3.8, 4) is 11.1 Å². The summed E-state index contributed by atoms with van der Waals surface area (Å²) in [6.07, 6.45) is 5.18. The van der Waals surface area contributed by atoms with Gasteiger partial charge in [-0.15, -0.1) is 22.7 Å². The summed E-state index contributed by atoms with van der Waals surface area (Å²) in [6.45, 7) is 6.12. The summed E-state index contributed by atoms with van der Waals surface area (Å²) in [6, 6.07) is 8.20. The number of aryl methyl sites for hydroxylation is 1. The number of hydrogen-bond acceptors (Lipinski definition) is 7. The van der Waals surface area contributed by atoms with Gasteiger partial charge in [-0.25, -0.2) is 9.78 Å². The average molecular weight is 536 g/mol. The van der Waals surface area contributed by atoms with Crippen molar-refractivity contribution in [2.75, 3.05) is 11.9 Å². The first-order valence-electron chi connectivity index (χ1n) is 12.6. The zero-order chi connectivity index (χ0) is 26.1. The van der Waals surface area contributed by atoms with Gasteiger partial charge in [-0.3, -0.25) is 14.2 Å². The summed E-state index contributed by atoms with van der Waals surface area (Å²) in [4.78, 5) is 45.4. The van der Waals surface area contributed by atoms with E-state index in [0.29, 0.717) is 26.7 Å². The number of ether oxygens (including phenoxy) is 1. The van der Waals surface area contributed by atoms with Crippen molar-refractivity contribution in [2.45, 2.75) is 58.9 Å². The second-order valence-electron chi connectivity index (χ2n) is 9.47. The number of thiophene rings is 2. The maximum atomic E-state index is 13.4. The summed E-state index contributed by atoms with van der Waals surface area (Å²) in [7, 11) is 0. The normalized spacial score (nSPS) is 13.1. The van der Waals surface area contributed by atoms with Gasteiger partial charge in [0, 0.05) is 15.8 Å². The van der Waals surface area contributed by atoms with Crippen LogP contribution in [-0.4, -0.2) is 28.0 Å². The molecule has 0 bridgehead atoms. The van der Waals surface area contributed by atoms with Crippen LogP contribution in [-0.2, 0) is 28.9 Å². The summed E-state index contributed by atoms with van der Waals surface area (Å²) < 4.78 is 6.61. The van der Waals surface area contributed by atoms with Crippen molar-refractivity contribution in [3.05, 3.63) is 67.9 Å². The Bertz CT molecular complexity index is 1530. The Labute approximate surface area is 223 Å². The Hall–Kier alpha value is -3.30. The van der Waals surface area contributed by atoms with E-state index in [4.69, 9.17) is 4.74 Å². The Morgan fingerprint density at radius 3 is 2.65 bits per heavy atom. The Morgan fingerprint density at radius 1 is 1.16 bits per heavy atom. The Balaban J connectivity index is 1.43. The predicted octanol–water partition coefficient (Wildman–Crippen LogP) is 6.00. The van der Waals surface area contributed by atoms with E-state index in [0.717, 1.165) is 47.3 Å². The molecule has 7 nitrogen and oxygen atoms in total. The fourth-order valence-corrected chi connectivity index (χ4v) is 6.93. The van der Waals surface area contributed by atoms with Crippen LogP contribution >= 0.6 is 22.7 Å². The van der Waals surface area contributed by atoms with Crippen molar-refractivity contribution >= 4 is 49.8 Å². The number of carbonyl (C=O) groups is 2. The number of esters is 1. The van der Waals surface area contributed by atoms with Crippen LogP contribution in [0.5, 0.6) is 0 Å². The summed E-state index contributed by atoms with van der Waals surface area (Å²) in [5, 5.41) is 5.83. The third-order valence-corrected chi connectivity index (χ3v) is 8.76. The largest absolute Gasteiger partial charge is 0.462 e. The van der Waals surface area contributed by atoms with E-state index in [2.05, 4.69) is 36.3 Å². The predicted molar refractivity (Wildman–Crippen MR) is 149 cm³/mol. The maximum absolute atomic E-state index is 13.4. The third-order valence-electron chi connectivity index (χ3n) is 6.67. The molecule has 0 spiro atoms. The van der Waals surface area contributed by atoms with Gasteiger partial charge < -0.3 is 10.1 Å². The molecule has 1 amide bonds. The number of anilines is 1. The number of benzene rings is 1. The zero-order valence-corrected chi connectivity index (χ0v) is 22.8. The first kappa shape index (κ1) is 25.4. The van der Waals surface area contributed by atoms with Crippen LogP contribution in [0.4, 0.5) is 5.00 Å². The molecule has 1 N–H and O–H groups in total. The van der Waals surface area contributed by atoms with Gasteiger partial charge in [-0.2, -0.15) is 0 Å². The summed E-state index contributed by atoms with van der Waals surface area (Å²) in [5.74, 6) is -0.377. The molecule has 0 saturated carbocycles. The van der Waals surface area contributed by atoms with Crippen molar-refractivity contribution in [1.29, 1.82) is 0 Å². The van der Waals surface area contributed by atoms with Crippen molar-refractivity contribution < 1.29 is 14.3 Å². The van der Waals surface area contributed by atoms with Gasteiger partial charge >= 0.3 is 5.97 Å². The van der Waals surface area contributed by atoms with Crippen molar-refractivity contribution in [1.82, 2.24) is 9.55 Å². The van der Waals surface area contributed by atoms with Crippen molar-refractivity contribution in [2.24, 2.45) is 0 Å². The van der Waals surface area contributed by atoms with Crippen LogP contribution in [0.25, 0.3) is 21.3 Å². The summed E-state index contributed by atoms with van der Waals surface area (Å²) in [5.41, 5.74) is 4.17. The number of aromatic nitrogens is 2. The monoisotopic (exact) mass is 535 g/mol. The second kappa shape index (κ2) is 10.6. The molecule has 0 aliphatic heterocycles. The smallest absolute Gasteiger partial charge is 0.341 e. The molecule has 3 aromatic heterocycles. The molecule has 0 unspecified atom stereocenters. The number of fused-ring (bicyclic) bond motifs is 2. The fourth-order valence-electron chi connectivity index (χ4n) is 4.73. The highest BCUT2D eigenvalue weighted by Crippen LogP contribution is 2.38. The number of amides is 1. The van der Waals surface area contributed by atoms with E-state index in [1.165, 1.54) is 39.1 Å². The minimum atomic E-state index is -0.413. The summed E-state index contributed by atoms with van der Waals surface area (Å²) >= 11 is 2.85. The van der Waals surface area contributed by atoms with Gasteiger partial charge in [-0.1, -0.05) is 38.1 Å². The molecule has 0 saturated heterocycles. The lowest BCUT2D eigenvalue weighted by Crippen LogP contribution is -2.28. The highest BCUT2D eigenvalue weighted by atomic mass is 32.1. The van der Waals surface area contributed by atoms with Crippen LogP contribution in [0.2, 0.25) is 0 Å². The lowest BCUT2D eigenvalue weighted by Gasteiger charge is -2.12. The quantitative estimate of drug-likeness (QED) is 0.293. The topological polar surface area (TPSA) is 90.3 Å². The van der Waals surface area contributed by atoms with Gasteiger partial charge in [0.1, 0.15) is 16.4 Å². The molecule has 1 aromatic carbocycles. The standard InChI is InChI=1S/C28H29N3O4S2/c1-4-35-28(34)24-19-7-5-6-8-21(19)37-26(24)30-22(32)13-31-15-29-25-23(27(31)33)20(14-36-25)18-11-9-17(10-12-18)16(2)3/h9-12,14-16H,4-8,13H2,1-3H3,(H,30,32). The molecule has 37 heavy (non-hydrogen) atoms.